The molecule has 0 unspecified atom stereocenters. The average molecular weight is 663 g/mol. The van der Waals surface area contributed by atoms with E-state index in [1.54, 1.807) is 0 Å². The monoisotopic (exact) mass is 662 g/mol. The van der Waals surface area contributed by atoms with E-state index in [0.29, 0.717) is 12.8 Å². The lowest BCUT2D eigenvalue weighted by molar-refractivity contribution is 0.0450. The number of unbranched alkanes of at least 4 members (excludes halogenated alkanes) is 18. The third-order valence-electron chi connectivity index (χ3n) is 7.97. The fraction of sp³-hybridized carbons (Fsp3) is 0.684. The summed E-state index contributed by atoms with van der Waals surface area (Å²) >= 11 is 0. The highest BCUT2D eigenvalue weighted by molar-refractivity contribution is 7.85. The molecule has 0 saturated heterocycles. The maximum Gasteiger partial charge on any atom is 0.339 e. The van der Waals surface area contributed by atoms with Gasteiger partial charge in [-0.3, -0.25) is 4.55 Å². The molecule has 0 amide bonds. The second kappa shape index (κ2) is 27.6. The van der Waals surface area contributed by atoms with Gasteiger partial charge in [-0.2, -0.15) is 8.42 Å². The summed E-state index contributed by atoms with van der Waals surface area (Å²) in [5, 5.41) is 0. The number of benzene rings is 1. The maximum absolute atomic E-state index is 12.9. The average Bonchev–Trinajstić information content (AvgIpc) is 3.04. The molecule has 0 fully saturated rings. The molecule has 0 heterocycles. The third-order valence-corrected chi connectivity index (χ3v) is 8.82. The Morgan fingerprint density at radius 3 is 1.35 bits per heavy atom. The molecule has 46 heavy (non-hydrogen) atoms. The number of allylic oxidation sites excluding steroid dienone is 4. The lowest BCUT2D eigenvalue weighted by atomic mass is 10.1. The van der Waals surface area contributed by atoms with E-state index in [-0.39, 0.29) is 24.3 Å². The van der Waals surface area contributed by atoms with Crippen molar-refractivity contribution in [3.8, 4) is 0 Å². The molecule has 0 bridgehead atoms. The number of rotatable bonds is 29. The van der Waals surface area contributed by atoms with Crippen LogP contribution in [-0.4, -0.2) is 38.1 Å². The van der Waals surface area contributed by atoms with Crippen LogP contribution in [0.3, 0.4) is 0 Å². The van der Waals surface area contributed by atoms with Crippen LogP contribution in [0.25, 0.3) is 0 Å². The number of carbonyl (C=O) groups is 2. The second-order valence-corrected chi connectivity index (χ2v) is 13.6. The number of esters is 2. The van der Waals surface area contributed by atoms with E-state index in [0.717, 1.165) is 57.1 Å². The van der Waals surface area contributed by atoms with Crippen molar-refractivity contribution < 1.29 is 32.0 Å². The zero-order valence-electron chi connectivity index (χ0n) is 28.8. The first kappa shape index (κ1) is 41.6. The molecule has 8 heteroatoms. The van der Waals surface area contributed by atoms with Crippen molar-refractivity contribution in [2.45, 2.75) is 160 Å². The van der Waals surface area contributed by atoms with Crippen LogP contribution in [-0.2, 0) is 19.6 Å². The summed E-state index contributed by atoms with van der Waals surface area (Å²) < 4.78 is 43.6. The van der Waals surface area contributed by atoms with Gasteiger partial charge in [-0.1, -0.05) is 128 Å². The highest BCUT2D eigenvalue weighted by atomic mass is 32.2. The first-order valence-electron chi connectivity index (χ1n) is 18.1. The van der Waals surface area contributed by atoms with Crippen LogP contribution < -0.4 is 0 Å². The highest BCUT2D eigenvalue weighted by Gasteiger charge is 2.23. The molecule has 0 aliphatic rings. The molecular formula is C38H62O7S. The predicted molar refractivity (Wildman–Crippen MR) is 188 cm³/mol. The minimum atomic E-state index is -4.56. The molecule has 1 aromatic carbocycles. The summed E-state index contributed by atoms with van der Waals surface area (Å²) in [4.78, 5) is 25.2. The summed E-state index contributed by atoms with van der Waals surface area (Å²) in [5.74, 6) is -1.51. The zero-order chi connectivity index (χ0) is 33.7. The van der Waals surface area contributed by atoms with E-state index in [4.69, 9.17) is 9.47 Å². The number of ether oxygens (including phenoxy) is 2. The van der Waals surface area contributed by atoms with E-state index < -0.39 is 27.0 Å². The van der Waals surface area contributed by atoms with Gasteiger partial charge in [-0.05, 0) is 69.6 Å². The number of hydrogen-bond acceptors (Lipinski definition) is 6. The van der Waals surface area contributed by atoms with Crippen molar-refractivity contribution in [3.63, 3.8) is 0 Å². The van der Waals surface area contributed by atoms with Gasteiger partial charge >= 0.3 is 11.9 Å². The smallest absolute Gasteiger partial charge is 0.339 e. The van der Waals surface area contributed by atoms with Crippen molar-refractivity contribution in [2.75, 3.05) is 13.2 Å². The van der Waals surface area contributed by atoms with Crippen LogP contribution in [0.5, 0.6) is 0 Å². The van der Waals surface area contributed by atoms with E-state index in [1.807, 2.05) is 0 Å². The molecule has 0 radical (unpaired) electrons. The highest BCUT2D eigenvalue weighted by Crippen LogP contribution is 2.20. The molecule has 0 aromatic heterocycles. The molecule has 1 aromatic rings. The summed E-state index contributed by atoms with van der Waals surface area (Å²) in [6, 6.07) is 3.27. The minimum Gasteiger partial charge on any atom is -0.462 e. The third kappa shape index (κ3) is 21.4. The molecule has 0 spiro atoms. The van der Waals surface area contributed by atoms with Crippen LogP contribution in [0.15, 0.2) is 47.4 Å². The van der Waals surface area contributed by atoms with E-state index in [1.165, 1.54) is 89.5 Å². The molecule has 1 N–H and O–H groups in total. The Morgan fingerprint density at radius 2 is 0.935 bits per heavy atom. The van der Waals surface area contributed by atoms with Gasteiger partial charge in [0.15, 0.2) is 0 Å². The van der Waals surface area contributed by atoms with Gasteiger partial charge in [0, 0.05) is 0 Å². The van der Waals surface area contributed by atoms with Crippen LogP contribution in [0.1, 0.15) is 176 Å². The largest absolute Gasteiger partial charge is 0.462 e. The molecule has 0 aliphatic carbocycles. The van der Waals surface area contributed by atoms with Crippen molar-refractivity contribution in [1.82, 2.24) is 0 Å². The van der Waals surface area contributed by atoms with Gasteiger partial charge in [-0.15, -0.1) is 0 Å². The Morgan fingerprint density at radius 1 is 0.565 bits per heavy atom. The van der Waals surface area contributed by atoms with Gasteiger partial charge in [0.05, 0.1) is 29.2 Å². The zero-order valence-corrected chi connectivity index (χ0v) is 29.6. The first-order chi connectivity index (χ1) is 22.3. The Kier molecular flexibility index (Phi) is 25.0. The van der Waals surface area contributed by atoms with Gasteiger partial charge in [0.1, 0.15) is 0 Å². The fourth-order valence-electron chi connectivity index (χ4n) is 5.17. The second-order valence-electron chi connectivity index (χ2n) is 12.2. The van der Waals surface area contributed by atoms with Crippen LogP contribution >= 0.6 is 0 Å². The van der Waals surface area contributed by atoms with Crippen molar-refractivity contribution >= 4 is 22.1 Å². The van der Waals surface area contributed by atoms with E-state index >= 15 is 0 Å². The molecule has 0 atom stereocenters. The minimum absolute atomic E-state index is 0.0669. The first-order valence-corrected chi connectivity index (χ1v) is 19.5. The molecule has 7 nitrogen and oxygen atoms in total. The van der Waals surface area contributed by atoms with Crippen molar-refractivity contribution in [3.05, 3.63) is 53.6 Å². The molecule has 1 rings (SSSR count). The Bertz CT molecular complexity index is 1110. The molecule has 0 saturated carbocycles. The lowest BCUT2D eigenvalue weighted by Crippen LogP contribution is -2.16. The van der Waals surface area contributed by atoms with E-state index in [2.05, 4.69) is 38.2 Å². The Hall–Kier alpha value is -2.45. The topological polar surface area (TPSA) is 107 Å². The van der Waals surface area contributed by atoms with Gasteiger partial charge < -0.3 is 9.47 Å². The number of carbonyl (C=O) groups excluding carboxylic acids is 2. The predicted octanol–water partition coefficient (Wildman–Crippen LogP) is 11.0. The van der Waals surface area contributed by atoms with Gasteiger partial charge in [0.2, 0.25) is 0 Å². The van der Waals surface area contributed by atoms with E-state index in [9.17, 15) is 22.6 Å². The normalized spacial score (nSPS) is 11.9. The maximum atomic E-state index is 12.9. The standard InChI is InChI=1S/C38H62O7S/c1-3-5-7-9-11-13-15-17-19-21-23-25-27-31-44-37(39)35-30-29-34(46(41,42)43)33-36(35)38(40)45-32-28-26-24-22-20-18-16-14-12-10-8-6-4-2/h7-10,29-30,33H,3-6,11-28,31-32H2,1-2H3,(H,41,42,43)/b9-7+,10-8+. The van der Waals surface area contributed by atoms with Crippen LogP contribution in [0, 0.1) is 0 Å². The fourth-order valence-corrected chi connectivity index (χ4v) is 5.68. The SMILES string of the molecule is CCC/C=C/CCCCCCCCCCOC(=O)c1ccc(S(=O)(=O)O)cc1C(=O)OCCCCCCCCCC/C=C/CCC. The van der Waals surface area contributed by atoms with Gasteiger partial charge in [-0.25, -0.2) is 9.59 Å². The lowest BCUT2D eigenvalue weighted by Gasteiger charge is -2.11. The summed E-state index contributed by atoms with van der Waals surface area (Å²) in [6.45, 7) is 4.77. The van der Waals surface area contributed by atoms with Crippen molar-refractivity contribution in [1.29, 1.82) is 0 Å². The Balaban J connectivity index is 2.34. The molecule has 262 valence electrons. The quantitative estimate of drug-likeness (QED) is 0.0393. The van der Waals surface area contributed by atoms with Crippen LogP contribution in [0.4, 0.5) is 0 Å². The summed E-state index contributed by atoms with van der Waals surface area (Å²) in [7, 11) is -4.56. The summed E-state index contributed by atoms with van der Waals surface area (Å²) in [5.41, 5.74) is -0.284. The van der Waals surface area contributed by atoms with Crippen LogP contribution in [0.2, 0.25) is 0 Å². The summed E-state index contributed by atoms with van der Waals surface area (Å²) in [6.07, 6.45) is 33.8. The van der Waals surface area contributed by atoms with Crippen molar-refractivity contribution in [2.24, 2.45) is 0 Å². The molecular weight excluding hydrogens is 600 g/mol. The van der Waals surface area contributed by atoms with Gasteiger partial charge in [0.25, 0.3) is 10.1 Å². The molecule has 0 aliphatic heterocycles. The Labute approximate surface area is 280 Å². The number of hydrogen-bond donors (Lipinski definition) is 1.